The van der Waals surface area contributed by atoms with Gasteiger partial charge in [0, 0.05) is 5.56 Å². The van der Waals surface area contributed by atoms with Crippen LogP contribution in [0.4, 0.5) is 0 Å². The molecule has 4 rings (SSSR count). The van der Waals surface area contributed by atoms with Gasteiger partial charge in [-0.25, -0.2) is 4.98 Å². The molecule has 2 aromatic carbocycles. The predicted molar refractivity (Wildman–Crippen MR) is 88.6 cm³/mol. The maximum atomic E-state index is 6.03. The average molecular weight is 304 g/mol. The van der Waals surface area contributed by atoms with E-state index in [9.17, 15) is 0 Å². The summed E-state index contributed by atoms with van der Waals surface area (Å²) in [4.78, 5) is 4.68. The van der Waals surface area contributed by atoms with Gasteiger partial charge in [-0.05, 0) is 50.1 Å². The molecule has 5 heteroatoms. The highest BCUT2D eigenvalue weighted by molar-refractivity contribution is 5.82. The molecule has 0 amide bonds. The molecule has 0 saturated carbocycles. The summed E-state index contributed by atoms with van der Waals surface area (Å²) >= 11 is 0. The molecule has 5 nitrogen and oxygen atoms in total. The van der Waals surface area contributed by atoms with Crippen LogP contribution >= 0.6 is 0 Å². The number of benzene rings is 2. The number of fused-ring (bicyclic) bond motifs is 1. The number of hydrogen-bond donors (Lipinski definition) is 0. The van der Waals surface area contributed by atoms with Crippen molar-refractivity contribution >= 4 is 11.1 Å². The Morgan fingerprint density at radius 1 is 0.913 bits per heavy atom. The first-order valence-corrected chi connectivity index (χ1v) is 7.45. The Bertz CT molecular complexity index is 999. The summed E-state index contributed by atoms with van der Waals surface area (Å²) in [5, 5.41) is 7.70. The van der Waals surface area contributed by atoms with Crippen LogP contribution in [-0.2, 0) is 0 Å². The predicted octanol–water partition coefficient (Wildman–Crippen LogP) is 4.00. The lowest BCUT2D eigenvalue weighted by Gasteiger charge is -2.02. The highest BCUT2D eigenvalue weighted by Crippen LogP contribution is 2.30. The van der Waals surface area contributed by atoms with Crippen molar-refractivity contribution in [1.82, 2.24) is 19.7 Å². The molecule has 0 N–H and O–H groups in total. The van der Waals surface area contributed by atoms with E-state index in [0.717, 1.165) is 33.5 Å². The fourth-order valence-electron chi connectivity index (χ4n) is 2.83. The Kier molecular flexibility index (Phi) is 3.01. The van der Waals surface area contributed by atoms with Crippen molar-refractivity contribution < 1.29 is 4.42 Å². The van der Waals surface area contributed by atoms with E-state index in [-0.39, 0.29) is 0 Å². The average Bonchev–Trinajstić information content (AvgIpc) is 3.16. The summed E-state index contributed by atoms with van der Waals surface area (Å²) in [6.07, 6.45) is 3.34. The molecule has 0 radical (unpaired) electrons. The van der Waals surface area contributed by atoms with Crippen LogP contribution < -0.4 is 0 Å². The van der Waals surface area contributed by atoms with Crippen LogP contribution in [0.5, 0.6) is 0 Å². The van der Waals surface area contributed by atoms with Crippen LogP contribution in [0.25, 0.3) is 28.2 Å². The summed E-state index contributed by atoms with van der Waals surface area (Å²) in [7, 11) is 0. The third kappa shape index (κ3) is 2.30. The number of aryl methyl sites for hydroxylation is 3. The number of hydrogen-bond acceptors (Lipinski definition) is 4. The molecule has 0 bridgehead atoms. The van der Waals surface area contributed by atoms with E-state index >= 15 is 0 Å². The molecule has 0 aliphatic carbocycles. The second-order valence-corrected chi connectivity index (χ2v) is 5.82. The maximum Gasteiger partial charge on any atom is 0.227 e. The first-order chi connectivity index (χ1) is 11.1. The highest BCUT2D eigenvalue weighted by Gasteiger charge is 2.13. The van der Waals surface area contributed by atoms with Crippen molar-refractivity contribution in [3.05, 3.63) is 59.7 Å². The van der Waals surface area contributed by atoms with Gasteiger partial charge in [-0.15, -0.1) is 10.2 Å². The molecule has 0 saturated heterocycles. The molecule has 0 aliphatic rings. The van der Waals surface area contributed by atoms with Gasteiger partial charge < -0.3 is 4.42 Å². The van der Waals surface area contributed by atoms with Gasteiger partial charge >= 0.3 is 0 Å². The largest absolute Gasteiger partial charge is 0.436 e. The van der Waals surface area contributed by atoms with Gasteiger partial charge in [0.25, 0.3) is 0 Å². The second kappa shape index (κ2) is 5.05. The van der Waals surface area contributed by atoms with Gasteiger partial charge in [0.05, 0.1) is 5.69 Å². The molecule has 0 unspecified atom stereocenters. The van der Waals surface area contributed by atoms with E-state index in [1.54, 1.807) is 12.7 Å². The van der Waals surface area contributed by atoms with Crippen molar-refractivity contribution in [2.24, 2.45) is 0 Å². The first kappa shape index (κ1) is 13.7. The normalized spacial score (nSPS) is 11.3. The summed E-state index contributed by atoms with van der Waals surface area (Å²) in [5.41, 5.74) is 7.08. The fraction of sp³-hybridized carbons (Fsp3) is 0.167. The van der Waals surface area contributed by atoms with Gasteiger partial charge in [-0.2, -0.15) is 0 Å². The number of nitrogens with zero attached hydrogens (tertiary/aromatic N) is 4. The Hall–Kier alpha value is -2.95. The van der Waals surface area contributed by atoms with Gasteiger partial charge in [0.2, 0.25) is 5.89 Å². The van der Waals surface area contributed by atoms with E-state index in [4.69, 9.17) is 4.42 Å². The SMILES string of the molecule is Cc1ccc(-c2nc3cc(-n4cnnc4)cc(C)c3o2)c(C)c1. The molecule has 4 aromatic rings. The van der Waals surface area contributed by atoms with Crippen LogP contribution in [0.3, 0.4) is 0 Å². The van der Waals surface area contributed by atoms with Gasteiger partial charge in [0.1, 0.15) is 18.2 Å². The zero-order chi connectivity index (χ0) is 16.0. The van der Waals surface area contributed by atoms with E-state index in [1.165, 1.54) is 5.56 Å². The third-order valence-corrected chi connectivity index (χ3v) is 3.99. The molecular formula is C18H16N4O. The smallest absolute Gasteiger partial charge is 0.227 e. The fourth-order valence-corrected chi connectivity index (χ4v) is 2.83. The van der Waals surface area contributed by atoms with Gasteiger partial charge in [-0.3, -0.25) is 4.57 Å². The zero-order valence-corrected chi connectivity index (χ0v) is 13.2. The number of aromatic nitrogens is 4. The zero-order valence-electron chi connectivity index (χ0n) is 13.2. The van der Waals surface area contributed by atoms with Crippen LogP contribution in [0.15, 0.2) is 47.4 Å². The van der Waals surface area contributed by atoms with Crippen LogP contribution in [0.1, 0.15) is 16.7 Å². The van der Waals surface area contributed by atoms with Crippen molar-refractivity contribution in [1.29, 1.82) is 0 Å². The molecule has 2 aromatic heterocycles. The molecular weight excluding hydrogens is 288 g/mol. The molecule has 2 heterocycles. The van der Waals surface area contributed by atoms with E-state index in [2.05, 4.69) is 47.2 Å². The highest BCUT2D eigenvalue weighted by atomic mass is 16.3. The topological polar surface area (TPSA) is 56.7 Å². The van der Waals surface area contributed by atoms with Crippen LogP contribution in [0.2, 0.25) is 0 Å². The minimum Gasteiger partial charge on any atom is -0.436 e. The summed E-state index contributed by atoms with van der Waals surface area (Å²) in [6, 6.07) is 10.3. The lowest BCUT2D eigenvalue weighted by molar-refractivity contribution is 0.617. The lowest BCUT2D eigenvalue weighted by atomic mass is 10.1. The van der Waals surface area contributed by atoms with Crippen molar-refractivity contribution in [2.45, 2.75) is 20.8 Å². The molecule has 0 fully saturated rings. The minimum absolute atomic E-state index is 0.654. The maximum absolute atomic E-state index is 6.03. The van der Waals surface area contributed by atoms with Crippen LogP contribution in [-0.4, -0.2) is 19.7 Å². The standard InChI is InChI=1S/C18H16N4O/c1-11-4-5-15(12(2)6-11)18-21-16-8-14(22-9-19-20-10-22)7-13(3)17(16)23-18/h4-10H,1-3H3. The monoisotopic (exact) mass is 304 g/mol. The van der Waals surface area contributed by atoms with Gasteiger partial charge in [0.15, 0.2) is 5.58 Å². The molecule has 114 valence electrons. The number of rotatable bonds is 2. The first-order valence-electron chi connectivity index (χ1n) is 7.45. The van der Waals surface area contributed by atoms with Crippen molar-refractivity contribution in [2.75, 3.05) is 0 Å². The summed E-state index contributed by atoms with van der Waals surface area (Å²) < 4.78 is 7.89. The molecule has 0 spiro atoms. The van der Waals surface area contributed by atoms with E-state index in [0.29, 0.717) is 5.89 Å². The van der Waals surface area contributed by atoms with Crippen LogP contribution in [0, 0.1) is 20.8 Å². The minimum atomic E-state index is 0.654. The lowest BCUT2D eigenvalue weighted by Crippen LogP contribution is -1.91. The third-order valence-electron chi connectivity index (χ3n) is 3.99. The van der Waals surface area contributed by atoms with Gasteiger partial charge in [-0.1, -0.05) is 17.7 Å². The molecule has 0 atom stereocenters. The number of oxazole rings is 1. The summed E-state index contributed by atoms with van der Waals surface area (Å²) in [5.74, 6) is 0.654. The Balaban J connectivity index is 1.89. The Morgan fingerprint density at radius 2 is 1.70 bits per heavy atom. The molecule has 0 aliphatic heterocycles. The van der Waals surface area contributed by atoms with E-state index < -0.39 is 0 Å². The van der Waals surface area contributed by atoms with Crippen molar-refractivity contribution in [3.8, 4) is 17.1 Å². The Morgan fingerprint density at radius 3 is 2.43 bits per heavy atom. The molecule has 23 heavy (non-hydrogen) atoms. The quantitative estimate of drug-likeness (QED) is 0.561. The summed E-state index contributed by atoms with van der Waals surface area (Å²) in [6.45, 7) is 6.18. The second-order valence-electron chi connectivity index (χ2n) is 5.82. The van der Waals surface area contributed by atoms with Crippen molar-refractivity contribution in [3.63, 3.8) is 0 Å². The van der Waals surface area contributed by atoms with E-state index in [1.807, 2.05) is 23.6 Å². The Labute approximate surface area is 133 Å².